The van der Waals surface area contributed by atoms with Crippen LogP contribution in [0.25, 0.3) is 0 Å². The summed E-state index contributed by atoms with van der Waals surface area (Å²) in [5.74, 6) is 0. The molecular weight excluding hydrogens is 198 g/mol. The molecule has 0 fully saturated rings. The number of para-hydroxylation sites is 1. The van der Waals surface area contributed by atoms with E-state index in [1.165, 1.54) is 0 Å². The second-order valence-electron chi connectivity index (χ2n) is 4.75. The lowest BCUT2D eigenvalue weighted by molar-refractivity contribution is 0.377. The van der Waals surface area contributed by atoms with Gasteiger partial charge in [0.05, 0.1) is 16.9 Å². The number of hydrogen-bond donors (Lipinski definition) is 2. The third kappa shape index (κ3) is 2.90. The van der Waals surface area contributed by atoms with Crippen molar-refractivity contribution in [2.45, 2.75) is 27.2 Å². The molecule has 0 spiro atoms. The van der Waals surface area contributed by atoms with E-state index >= 15 is 0 Å². The van der Waals surface area contributed by atoms with Crippen LogP contribution in [0.15, 0.2) is 18.2 Å². The van der Waals surface area contributed by atoms with Crippen molar-refractivity contribution in [1.82, 2.24) is 0 Å². The minimum absolute atomic E-state index is 0.231. The zero-order valence-electron chi connectivity index (χ0n) is 10.2. The van der Waals surface area contributed by atoms with Crippen LogP contribution < -0.4 is 11.1 Å². The van der Waals surface area contributed by atoms with E-state index in [9.17, 15) is 0 Å². The fraction of sp³-hybridized carbons (Fsp3) is 0.462. The molecule has 0 amide bonds. The van der Waals surface area contributed by atoms with E-state index in [-0.39, 0.29) is 5.41 Å². The maximum Gasteiger partial charge on any atom is 0.101 e. The molecule has 86 valence electrons. The number of anilines is 2. The van der Waals surface area contributed by atoms with Gasteiger partial charge in [0.1, 0.15) is 6.07 Å². The van der Waals surface area contributed by atoms with E-state index in [1.54, 1.807) is 6.07 Å². The molecule has 0 aromatic heterocycles. The van der Waals surface area contributed by atoms with Crippen LogP contribution >= 0.6 is 0 Å². The van der Waals surface area contributed by atoms with Crippen molar-refractivity contribution in [3.63, 3.8) is 0 Å². The number of hydrogen-bond acceptors (Lipinski definition) is 3. The van der Waals surface area contributed by atoms with E-state index in [2.05, 4.69) is 32.2 Å². The first-order valence-corrected chi connectivity index (χ1v) is 5.52. The van der Waals surface area contributed by atoms with E-state index in [1.807, 2.05) is 12.1 Å². The minimum Gasteiger partial charge on any atom is -0.396 e. The van der Waals surface area contributed by atoms with Gasteiger partial charge < -0.3 is 11.1 Å². The Balaban J connectivity index is 2.80. The summed E-state index contributed by atoms with van der Waals surface area (Å²) in [6, 6.07) is 7.56. The van der Waals surface area contributed by atoms with E-state index in [0.29, 0.717) is 11.3 Å². The lowest BCUT2D eigenvalue weighted by atomic mass is 9.90. The summed E-state index contributed by atoms with van der Waals surface area (Å²) in [5, 5.41) is 12.2. The fourth-order valence-corrected chi connectivity index (χ4v) is 1.28. The van der Waals surface area contributed by atoms with Gasteiger partial charge in [0.25, 0.3) is 0 Å². The van der Waals surface area contributed by atoms with Crippen LogP contribution in [0, 0.1) is 16.7 Å². The zero-order valence-corrected chi connectivity index (χ0v) is 10.2. The van der Waals surface area contributed by atoms with Gasteiger partial charge in [-0.3, -0.25) is 0 Å². The van der Waals surface area contributed by atoms with Crippen molar-refractivity contribution in [2.24, 2.45) is 5.41 Å². The number of nitrogens with zero attached hydrogens (tertiary/aromatic N) is 1. The molecular formula is C13H19N3. The predicted molar refractivity (Wildman–Crippen MR) is 68.1 cm³/mol. The molecule has 0 radical (unpaired) electrons. The Morgan fingerprint density at radius 3 is 2.69 bits per heavy atom. The SMILES string of the molecule is CCC(C)(C)CNc1cccc(C#N)c1N. The molecule has 3 N–H and O–H groups in total. The summed E-state index contributed by atoms with van der Waals surface area (Å²) in [6.07, 6.45) is 1.10. The van der Waals surface area contributed by atoms with Gasteiger partial charge in [-0.15, -0.1) is 0 Å². The smallest absolute Gasteiger partial charge is 0.101 e. The monoisotopic (exact) mass is 217 g/mol. The van der Waals surface area contributed by atoms with Crippen LogP contribution in [-0.4, -0.2) is 6.54 Å². The number of rotatable bonds is 4. The molecule has 0 bridgehead atoms. The van der Waals surface area contributed by atoms with Gasteiger partial charge in [0.2, 0.25) is 0 Å². The highest BCUT2D eigenvalue weighted by Gasteiger charge is 2.15. The summed E-state index contributed by atoms with van der Waals surface area (Å²) < 4.78 is 0. The molecule has 1 aromatic rings. The number of nitriles is 1. The molecule has 0 saturated heterocycles. The molecule has 3 nitrogen and oxygen atoms in total. The Labute approximate surface area is 97.3 Å². The molecule has 0 aliphatic carbocycles. The molecule has 1 aromatic carbocycles. The lowest BCUT2D eigenvalue weighted by Gasteiger charge is -2.24. The summed E-state index contributed by atoms with van der Waals surface area (Å²) in [7, 11) is 0. The molecule has 3 heteroatoms. The Bertz CT molecular complexity index is 402. The lowest BCUT2D eigenvalue weighted by Crippen LogP contribution is -2.22. The highest BCUT2D eigenvalue weighted by Crippen LogP contribution is 2.25. The standard InChI is InChI=1S/C13H19N3/c1-4-13(2,3)9-16-11-7-5-6-10(8-14)12(11)15/h5-7,16H,4,9,15H2,1-3H3. The summed E-state index contributed by atoms with van der Waals surface area (Å²) >= 11 is 0. The molecule has 1 rings (SSSR count). The molecule has 0 aliphatic heterocycles. The highest BCUT2D eigenvalue weighted by atomic mass is 14.9. The number of benzene rings is 1. The second kappa shape index (κ2) is 4.89. The van der Waals surface area contributed by atoms with E-state index in [4.69, 9.17) is 11.0 Å². The van der Waals surface area contributed by atoms with Gasteiger partial charge in [-0.25, -0.2) is 0 Å². The molecule has 0 aliphatic rings. The third-order valence-electron chi connectivity index (χ3n) is 2.94. The topological polar surface area (TPSA) is 61.8 Å². The van der Waals surface area contributed by atoms with Crippen LogP contribution in [0.3, 0.4) is 0 Å². The fourth-order valence-electron chi connectivity index (χ4n) is 1.28. The quantitative estimate of drug-likeness (QED) is 0.762. The molecule has 16 heavy (non-hydrogen) atoms. The summed E-state index contributed by atoms with van der Waals surface area (Å²) in [4.78, 5) is 0. The van der Waals surface area contributed by atoms with Crippen LogP contribution in [0.5, 0.6) is 0 Å². The Hall–Kier alpha value is -1.69. The Morgan fingerprint density at radius 2 is 2.12 bits per heavy atom. The van der Waals surface area contributed by atoms with Gasteiger partial charge >= 0.3 is 0 Å². The largest absolute Gasteiger partial charge is 0.396 e. The number of nitrogens with two attached hydrogens (primary N) is 1. The maximum absolute atomic E-state index is 8.86. The van der Waals surface area contributed by atoms with Crippen LogP contribution in [-0.2, 0) is 0 Å². The molecule has 0 atom stereocenters. The number of nitrogen functional groups attached to an aromatic ring is 1. The van der Waals surface area contributed by atoms with Gasteiger partial charge in [-0.05, 0) is 24.0 Å². The van der Waals surface area contributed by atoms with Crippen molar-refractivity contribution in [2.75, 3.05) is 17.6 Å². The van der Waals surface area contributed by atoms with Crippen LogP contribution in [0.4, 0.5) is 11.4 Å². The normalized spacial score (nSPS) is 10.9. The van der Waals surface area contributed by atoms with E-state index < -0.39 is 0 Å². The maximum atomic E-state index is 8.86. The molecule has 0 heterocycles. The average Bonchev–Trinajstić information content (AvgIpc) is 2.28. The van der Waals surface area contributed by atoms with Crippen molar-refractivity contribution in [1.29, 1.82) is 5.26 Å². The van der Waals surface area contributed by atoms with Crippen molar-refractivity contribution >= 4 is 11.4 Å². The first-order valence-electron chi connectivity index (χ1n) is 5.52. The summed E-state index contributed by atoms with van der Waals surface area (Å²) in [6.45, 7) is 7.41. The van der Waals surface area contributed by atoms with Crippen molar-refractivity contribution in [3.05, 3.63) is 23.8 Å². The van der Waals surface area contributed by atoms with Crippen molar-refractivity contribution in [3.8, 4) is 6.07 Å². The molecule has 0 unspecified atom stereocenters. The van der Waals surface area contributed by atoms with Crippen LogP contribution in [0.1, 0.15) is 32.8 Å². The third-order valence-corrected chi connectivity index (χ3v) is 2.94. The second-order valence-corrected chi connectivity index (χ2v) is 4.75. The van der Waals surface area contributed by atoms with Gasteiger partial charge in [0, 0.05) is 6.54 Å². The van der Waals surface area contributed by atoms with Gasteiger partial charge in [-0.2, -0.15) is 5.26 Å². The first kappa shape index (κ1) is 12.4. The van der Waals surface area contributed by atoms with E-state index in [0.717, 1.165) is 18.7 Å². The predicted octanol–water partition coefficient (Wildman–Crippen LogP) is 2.99. The Morgan fingerprint density at radius 1 is 1.44 bits per heavy atom. The van der Waals surface area contributed by atoms with Gasteiger partial charge in [-0.1, -0.05) is 26.8 Å². The highest BCUT2D eigenvalue weighted by molar-refractivity contribution is 5.72. The average molecular weight is 217 g/mol. The first-order chi connectivity index (χ1) is 7.50. The van der Waals surface area contributed by atoms with Crippen LogP contribution in [0.2, 0.25) is 0 Å². The molecule has 0 saturated carbocycles. The van der Waals surface area contributed by atoms with Crippen molar-refractivity contribution < 1.29 is 0 Å². The minimum atomic E-state index is 0.231. The van der Waals surface area contributed by atoms with Gasteiger partial charge in [0.15, 0.2) is 0 Å². The zero-order chi connectivity index (χ0) is 12.2. The Kier molecular flexibility index (Phi) is 3.78. The summed E-state index contributed by atoms with van der Waals surface area (Å²) in [5.41, 5.74) is 8.02. The number of nitrogens with one attached hydrogen (secondary N) is 1.